The van der Waals surface area contributed by atoms with Gasteiger partial charge in [0.25, 0.3) is 0 Å². The SMILES string of the molecule is N#Cc1ccc(Oc2ccc3c(c2)COB3O)cc1C(F)(F)F. The second-order valence-electron chi connectivity index (χ2n) is 4.94. The lowest BCUT2D eigenvalue weighted by molar-refractivity contribution is -0.137. The van der Waals surface area contributed by atoms with Crippen molar-refractivity contribution in [1.29, 1.82) is 5.26 Å². The molecule has 4 nitrogen and oxygen atoms in total. The minimum absolute atomic E-state index is 0.0317. The third-order valence-corrected chi connectivity index (χ3v) is 3.43. The molecule has 0 unspecified atom stereocenters. The van der Waals surface area contributed by atoms with E-state index in [-0.39, 0.29) is 12.4 Å². The summed E-state index contributed by atoms with van der Waals surface area (Å²) in [6.07, 6.45) is -4.64. The predicted octanol–water partition coefficient (Wildman–Crippen LogP) is 2.59. The van der Waals surface area contributed by atoms with E-state index in [4.69, 9.17) is 14.7 Å². The number of hydrogen-bond donors (Lipinski definition) is 1. The van der Waals surface area contributed by atoms with Gasteiger partial charge in [0.1, 0.15) is 11.5 Å². The Kier molecular flexibility index (Phi) is 3.76. The Morgan fingerprint density at radius 1 is 1.17 bits per heavy atom. The standard InChI is InChI=1S/C15H9BF3NO3/c17-15(18,19)13-6-12(2-1-9(13)7-20)23-11-3-4-14-10(5-11)8-22-16(14)21/h1-6,21H,8H2. The van der Waals surface area contributed by atoms with E-state index in [0.29, 0.717) is 16.8 Å². The summed E-state index contributed by atoms with van der Waals surface area (Å²) in [7, 11) is -0.995. The van der Waals surface area contributed by atoms with E-state index in [2.05, 4.69) is 0 Å². The van der Waals surface area contributed by atoms with E-state index < -0.39 is 24.4 Å². The summed E-state index contributed by atoms with van der Waals surface area (Å²) in [4.78, 5) is 0. The van der Waals surface area contributed by atoms with Crippen molar-refractivity contribution in [1.82, 2.24) is 0 Å². The van der Waals surface area contributed by atoms with Gasteiger partial charge in [-0.05, 0) is 41.4 Å². The third-order valence-electron chi connectivity index (χ3n) is 3.43. The lowest BCUT2D eigenvalue weighted by Crippen LogP contribution is -2.27. The summed E-state index contributed by atoms with van der Waals surface area (Å²) >= 11 is 0. The van der Waals surface area contributed by atoms with Crippen molar-refractivity contribution < 1.29 is 27.6 Å². The number of halogens is 3. The van der Waals surface area contributed by atoms with Crippen molar-refractivity contribution in [2.75, 3.05) is 0 Å². The Morgan fingerprint density at radius 2 is 1.87 bits per heavy atom. The number of nitrogens with zero attached hydrogens (tertiary/aromatic N) is 1. The van der Waals surface area contributed by atoms with E-state index in [1.54, 1.807) is 12.1 Å². The summed E-state index contributed by atoms with van der Waals surface area (Å²) in [6.45, 7) is 0.203. The Bertz CT molecular complexity index is 802. The largest absolute Gasteiger partial charge is 0.491 e. The molecule has 116 valence electrons. The van der Waals surface area contributed by atoms with Crippen LogP contribution in [0.1, 0.15) is 16.7 Å². The van der Waals surface area contributed by atoms with Crippen LogP contribution in [-0.2, 0) is 17.4 Å². The molecule has 0 saturated carbocycles. The Hall–Kier alpha value is -2.50. The average Bonchev–Trinajstić information content (AvgIpc) is 2.87. The van der Waals surface area contributed by atoms with Crippen LogP contribution in [0.3, 0.4) is 0 Å². The van der Waals surface area contributed by atoms with Crippen LogP contribution in [-0.4, -0.2) is 12.1 Å². The third kappa shape index (κ3) is 3.02. The summed E-state index contributed by atoms with van der Waals surface area (Å²) < 4.78 is 49.2. The van der Waals surface area contributed by atoms with Crippen molar-refractivity contribution in [3.8, 4) is 17.6 Å². The van der Waals surface area contributed by atoms with Crippen LogP contribution in [0.15, 0.2) is 36.4 Å². The lowest BCUT2D eigenvalue weighted by atomic mass is 9.80. The molecule has 8 heteroatoms. The van der Waals surface area contributed by atoms with Gasteiger partial charge in [0.15, 0.2) is 0 Å². The number of hydrogen-bond acceptors (Lipinski definition) is 4. The molecule has 0 atom stereocenters. The minimum atomic E-state index is -4.64. The summed E-state index contributed by atoms with van der Waals surface area (Å²) in [5.74, 6) is 0.287. The highest BCUT2D eigenvalue weighted by Crippen LogP contribution is 2.35. The van der Waals surface area contributed by atoms with Crippen LogP contribution >= 0.6 is 0 Å². The van der Waals surface area contributed by atoms with E-state index in [9.17, 15) is 18.2 Å². The maximum Gasteiger partial charge on any atom is 0.491 e. The molecule has 0 spiro atoms. The number of alkyl halides is 3. The first-order valence-corrected chi connectivity index (χ1v) is 6.60. The lowest BCUT2D eigenvalue weighted by Gasteiger charge is -2.12. The van der Waals surface area contributed by atoms with Crippen molar-refractivity contribution in [3.63, 3.8) is 0 Å². The first kappa shape index (κ1) is 15.4. The topological polar surface area (TPSA) is 62.5 Å². The summed E-state index contributed by atoms with van der Waals surface area (Å²) in [5, 5.41) is 18.3. The molecule has 1 N–H and O–H groups in total. The number of ether oxygens (including phenoxy) is 1. The molecule has 2 aromatic carbocycles. The van der Waals surface area contributed by atoms with Crippen LogP contribution in [0, 0.1) is 11.3 Å². The molecule has 0 bridgehead atoms. The Labute approximate surface area is 129 Å². The average molecular weight is 319 g/mol. The first-order valence-electron chi connectivity index (χ1n) is 6.60. The first-order chi connectivity index (χ1) is 10.9. The van der Waals surface area contributed by atoms with Crippen molar-refractivity contribution in [2.24, 2.45) is 0 Å². The van der Waals surface area contributed by atoms with Crippen LogP contribution in [0.2, 0.25) is 0 Å². The highest BCUT2D eigenvalue weighted by Gasteiger charge is 2.34. The zero-order chi connectivity index (χ0) is 16.6. The fraction of sp³-hybridized carbons (Fsp3) is 0.133. The predicted molar refractivity (Wildman–Crippen MR) is 75.1 cm³/mol. The Morgan fingerprint density at radius 3 is 2.57 bits per heavy atom. The molecule has 1 aliphatic rings. The van der Waals surface area contributed by atoms with Gasteiger partial charge in [-0.2, -0.15) is 18.4 Å². The van der Waals surface area contributed by atoms with Crippen LogP contribution in [0.5, 0.6) is 11.5 Å². The highest BCUT2D eigenvalue weighted by molar-refractivity contribution is 6.61. The normalized spacial score (nSPS) is 13.6. The van der Waals surface area contributed by atoms with Gasteiger partial charge in [0, 0.05) is 0 Å². The summed E-state index contributed by atoms with van der Waals surface area (Å²) in [5.41, 5.74) is -0.194. The summed E-state index contributed by atoms with van der Waals surface area (Å²) in [6, 6.07) is 9.38. The number of rotatable bonds is 2. The van der Waals surface area contributed by atoms with E-state index in [1.165, 1.54) is 18.2 Å². The van der Waals surface area contributed by atoms with Gasteiger partial charge in [-0.25, -0.2) is 0 Å². The molecular weight excluding hydrogens is 310 g/mol. The Balaban J connectivity index is 1.91. The monoisotopic (exact) mass is 319 g/mol. The van der Waals surface area contributed by atoms with E-state index in [0.717, 1.165) is 12.1 Å². The van der Waals surface area contributed by atoms with Gasteiger partial charge in [-0.3, -0.25) is 0 Å². The van der Waals surface area contributed by atoms with E-state index in [1.807, 2.05) is 0 Å². The molecule has 1 heterocycles. The molecule has 23 heavy (non-hydrogen) atoms. The van der Waals surface area contributed by atoms with Crippen LogP contribution in [0.4, 0.5) is 13.2 Å². The number of fused-ring (bicyclic) bond motifs is 1. The van der Waals surface area contributed by atoms with Crippen molar-refractivity contribution >= 4 is 12.6 Å². The van der Waals surface area contributed by atoms with Gasteiger partial charge < -0.3 is 14.4 Å². The molecule has 2 aromatic rings. The van der Waals surface area contributed by atoms with Crippen LogP contribution in [0.25, 0.3) is 0 Å². The quantitative estimate of drug-likeness (QED) is 0.864. The van der Waals surface area contributed by atoms with Crippen molar-refractivity contribution in [2.45, 2.75) is 12.8 Å². The molecule has 0 aromatic heterocycles. The molecular formula is C15H9BF3NO3. The number of benzene rings is 2. The van der Waals surface area contributed by atoms with Gasteiger partial charge >= 0.3 is 13.3 Å². The van der Waals surface area contributed by atoms with Gasteiger partial charge in [0.2, 0.25) is 0 Å². The molecule has 3 rings (SSSR count). The molecule has 0 saturated heterocycles. The second-order valence-corrected chi connectivity index (χ2v) is 4.94. The second kappa shape index (κ2) is 5.61. The van der Waals surface area contributed by atoms with Crippen LogP contribution < -0.4 is 10.2 Å². The van der Waals surface area contributed by atoms with Gasteiger partial charge in [-0.1, -0.05) is 6.07 Å². The highest BCUT2D eigenvalue weighted by atomic mass is 19.4. The zero-order valence-corrected chi connectivity index (χ0v) is 11.6. The minimum Gasteiger partial charge on any atom is -0.457 e. The fourth-order valence-electron chi connectivity index (χ4n) is 2.32. The smallest absolute Gasteiger partial charge is 0.457 e. The van der Waals surface area contributed by atoms with E-state index >= 15 is 0 Å². The fourth-order valence-corrected chi connectivity index (χ4v) is 2.32. The molecule has 0 aliphatic carbocycles. The van der Waals surface area contributed by atoms with Gasteiger partial charge in [-0.15, -0.1) is 0 Å². The molecule has 0 fully saturated rings. The molecule has 1 aliphatic heterocycles. The maximum absolute atomic E-state index is 12.9. The van der Waals surface area contributed by atoms with Gasteiger partial charge in [0.05, 0.1) is 23.8 Å². The number of nitriles is 1. The zero-order valence-electron chi connectivity index (χ0n) is 11.6. The molecule has 0 radical (unpaired) electrons. The van der Waals surface area contributed by atoms with Crippen molar-refractivity contribution in [3.05, 3.63) is 53.1 Å². The maximum atomic E-state index is 12.9. The molecule has 0 amide bonds.